The van der Waals surface area contributed by atoms with Crippen molar-refractivity contribution in [3.8, 4) is 11.5 Å². The molecule has 2 aliphatic heterocycles. The third-order valence-corrected chi connectivity index (χ3v) is 4.89. The molecule has 0 saturated carbocycles. The summed E-state index contributed by atoms with van der Waals surface area (Å²) in [4.78, 5) is 26.8. The molecule has 1 saturated heterocycles. The quantitative estimate of drug-likeness (QED) is 0.845. The summed E-state index contributed by atoms with van der Waals surface area (Å²) >= 11 is 0. The molecule has 3 heterocycles. The first-order valence-corrected chi connectivity index (χ1v) is 8.36. The fourth-order valence-corrected chi connectivity index (χ4v) is 3.28. The molecule has 1 fully saturated rings. The zero-order chi connectivity index (χ0) is 18.5. The van der Waals surface area contributed by atoms with Crippen LogP contribution in [0, 0.1) is 13.8 Å². The first-order chi connectivity index (χ1) is 12.4. The van der Waals surface area contributed by atoms with E-state index in [0.717, 1.165) is 5.56 Å². The topological polar surface area (TPSA) is 93.9 Å². The summed E-state index contributed by atoms with van der Waals surface area (Å²) in [5, 5.41) is 6.67. The molecule has 3 amide bonds. The van der Waals surface area contributed by atoms with Crippen LogP contribution in [0.3, 0.4) is 0 Å². The van der Waals surface area contributed by atoms with Crippen molar-refractivity contribution in [3.63, 3.8) is 0 Å². The van der Waals surface area contributed by atoms with Gasteiger partial charge in [-0.2, -0.15) is 0 Å². The molecule has 136 valence electrons. The largest absolute Gasteiger partial charge is 0.486 e. The average Bonchev–Trinajstić information content (AvgIpc) is 3.07. The molecular formula is C18H19N3O5. The highest BCUT2D eigenvalue weighted by atomic mass is 16.6. The van der Waals surface area contributed by atoms with Crippen molar-refractivity contribution >= 4 is 11.9 Å². The predicted molar refractivity (Wildman–Crippen MR) is 89.8 cm³/mol. The van der Waals surface area contributed by atoms with Gasteiger partial charge < -0.3 is 19.3 Å². The lowest BCUT2D eigenvalue weighted by Gasteiger charge is -2.25. The molecule has 0 bridgehead atoms. The van der Waals surface area contributed by atoms with Crippen molar-refractivity contribution in [2.75, 3.05) is 13.2 Å². The molecule has 4 rings (SSSR count). The molecule has 8 heteroatoms. The lowest BCUT2D eigenvalue weighted by molar-refractivity contribution is -0.131. The van der Waals surface area contributed by atoms with E-state index in [9.17, 15) is 9.59 Å². The van der Waals surface area contributed by atoms with Crippen LogP contribution in [0.4, 0.5) is 4.79 Å². The van der Waals surface area contributed by atoms with Gasteiger partial charge in [0.1, 0.15) is 24.5 Å². The predicted octanol–water partition coefficient (Wildman–Crippen LogP) is 2.03. The van der Waals surface area contributed by atoms with Gasteiger partial charge in [0.05, 0.1) is 12.2 Å². The van der Waals surface area contributed by atoms with Gasteiger partial charge in [-0.15, -0.1) is 0 Å². The number of fused-ring (bicyclic) bond motifs is 1. The monoisotopic (exact) mass is 357 g/mol. The highest BCUT2D eigenvalue weighted by Gasteiger charge is 2.49. The Morgan fingerprint density at radius 1 is 1.19 bits per heavy atom. The molecule has 1 atom stereocenters. The van der Waals surface area contributed by atoms with E-state index < -0.39 is 11.6 Å². The van der Waals surface area contributed by atoms with Gasteiger partial charge in [0.15, 0.2) is 11.5 Å². The normalized spacial score (nSPS) is 21.9. The van der Waals surface area contributed by atoms with Gasteiger partial charge in [0, 0.05) is 5.56 Å². The number of ether oxygens (including phenoxy) is 2. The molecule has 2 aromatic rings. The van der Waals surface area contributed by atoms with Gasteiger partial charge in [-0.05, 0) is 38.5 Å². The minimum Gasteiger partial charge on any atom is -0.486 e. The molecule has 1 aromatic heterocycles. The number of carbonyl (C=O) groups is 2. The van der Waals surface area contributed by atoms with Gasteiger partial charge in [-0.3, -0.25) is 9.69 Å². The minimum absolute atomic E-state index is 0.117. The SMILES string of the molecule is Cc1noc(C)c1CN1C(=O)N[C@](C)(c2ccc3c(c2)OCCO3)C1=O. The number of nitrogens with one attached hydrogen (secondary N) is 1. The first-order valence-electron chi connectivity index (χ1n) is 8.36. The number of benzene rings is 1. The van der Waals surface area contributed by atoms with Gasteiger partial charge >= 0.3 is 6.03 Å². The van der Waals surface area contributed by atoms with Crippen molar-refractivity contribution in [1.82, 2.24) is 15.4 Å². The van der Waals surface area contributed by atoms with Crippen LogP contribution in [0.25, 0.3) is 0 Å². The molecule has 0 aliphatic carbocycles. The zero-order valence-corrected chi connectivity index (χ0v) is 14.8. The number of rotatable bonds is 3. The van der Waals surface area contributed by atoms with E-state index in [1.54, 1.807) is 39.0 Å². The second-order valence-electron chi connectivity index (χ2n) is 6.61. The number of urea groups is 1. The standard InChI is InChI=1S/C18H19N3O5/c1-10-13(11(2)26-20-10)9-21-16(22)18(3,19-17(21)23)12-4-5-14-15(8-12)25-7-6-24-14/h4-5,8H,6-7,9H2,1-3H3,(H,19,23)/t18-/m1/s1. The van der Waals surface area contributed by atoms with Gasteiger partial charge in [0.2, 0.25) is 0 Å². The highest BCUT2D eigenvalue weighted by molar-refractivity contribution is 6.07. The maximum absolute atomic E-state index is 13.1. The lowest BCUT2D eigenvalue weighted by atomic mass is 9.91. The maximum Gasteiger partial charge on any atom is 0.325 e. The zero-order valence-electron chi connectivity index (χ0n) is 14.8. The van der Waals surface area contributed by atoms with Crippen LogP contribution in [0.2, 0.25) is 0 Å². The third-order valence-electron chi connectivity index (χ3n) is 4.89. The molecule has 8 nitrogen and oxygen atoms in total. The lowest BCUT2D eigenvalue weighted by Crippen LogP contribution is -2.41. The van der Waals surface area contributed by atoms with Crippen molar-refractivity contribution in [2.24, 2.45) is 0 Å². The molecule has 0 spiro atoms. The van der Waals surface area contributed by atoms with E-state index in [0.29, 0.717) is 41.7 Å². The third kappa shape index (κ3) is 2.40. The molecule has 0 radical (unpaired) electrons. The summed E-state index contributed by atoms with van der Waals surface area (Å²) in [5.41, 5.74) is 0.864. The molecule has 1 aromatic carbocycles. The van der Waals surface area contributed by atoms with Crippen molar-refractivity contribution in [3.05, 3.63) is 40.8 Å². The molecule has 0 unspecified atom stereocenters. The summed E-state index contributed by atoms with van der Waals surface area (Å²) in [6.07, 6.45) is 0. The highest BCUT2D eigenvalue weighted by Crippen LogP contribution is 2.37. The number of amides is 3. The summed E-state index contributed by atoms with van der Waals surface area (Å²) < 4.78 is 16.2. The Balaban J connectivity index is 1.65. The number of hydrogen-bond donors (Lipinski definition) is 1. The van der Waals surface area contributed by atoms with Gasteiger partial charge in [-0.25, -0.2) is 4.79 Å². The summed E-state index contributed by atoms with van der Waals surface area (Å²) in [5.74, 6) is 1.46. The van der Waals surface area contributed by atoms with Crippen molar-refractivity contribution in [1.29, 1.82) is 0 Å². The number of nitrogens with zero attached hydrogens (tertiary/aromatic N) is 2. The molecule has 26 heavy (non-hydrogen) atoms. The van der Waals surface area contributed by atoms with Crippen LogP contribution in [0.5, 0.6) is 11.5 Å². The number of aryl methyl sites for hydroxylation is 2. The van der Waals surface area contributed by atoms with Crippen LogP contribution >= 0.6 is 0 Å². The second-order valence-corrected chi connectivity index (χ2v) is 6.61. The van der Waals surface area contributed by atoms with Crippen LogP contribution in [-0.4, -0.2) is 35.2 Å². The summed E-state index contributed by atoms with van der Waals surface area (Å²) in [6.45, 7) is 6.28. The van der Waals surface area contributed by atoms with E-state index >= 15 is 0 Å². The van der Waals surface area contributed by atoms with E-state index in [4.69, 9.17) is 14.0 Å². The second kappa shape index (κ2) is 5.76. The first kappa shape index (κ1) is 16.4. The summed E-state index contributed by atoms with van der Waals surface area (Å²) in [7, 11) is 0. The number of aromatic nitrogens is 1. The Morgan fingerprint density at radius 2 is 1.92 bits per heavy atom. The molecule has 2 aliphatic rings. The Kier molecular flexibility index (Phi) is 3.64. The Hall–Kier alpha value is -3.03. The fraction of sp³-hybridized carbons (Fsp3) is 0.389. The van der Waals surface area contributed by atoms with E-state index in [1.807, 2.05) is 0 Å². The average molecular weight is 357 g/mol. The molecular weight excluding hydrogens is 338 g/mol. The van der Waals surface area contributed by atoms with E-state index in [1.165, 1.54) is 4.90 Å². The Bertz CT molecular complexity index is 887. The Morgan fingerprint density at radius 3 is 2.62 bits per heavy atom. The van der Waals surface area contributed by atoms with Gasteiger partial charge in [-0.1, -0.05) is 11.2 Å². The van der Waals surface area contributed by atoms with Crippen LogP contribution in [0.1, 0.15) is 29.5 Å². The van der Waals surface area contributed by atoms with Gasteiger partial charge in [0.25, 0.3) is 5.91 Å². The number of carbonyl (C=O) groups excluding carboxylic acids is 2. The van der Waals surface area contributed by atoms with Crippen molar-refractivity contribution in [2.45, 2.75) is 32.9 Å². The number of imide groups is 1. The van der Waals surface area contributed by atoms with Crippen LogP contribution in [0.15, 0.2) is 22.7 Å². The maximum atomic E-state index is 13.1. The van der Waals surface area contributed by atoms with Crippen molar-refractivity contribution < 1.29 is 23.6 Å². The van der Waals surface area contributed by atoms with Crippen LogP contribution < -0.4 is 14.8 Å². The molecule has 1 N–H and O–H groups in total. The number of hydrogen-bond acceptors (Lipinski definition) is 6. The van der Waals surface area contributed by atoms with E-state index in [2.05, 4.69) is 10.5 Å². The minimum atomic E-state index is -1.17. The Labute approximate surface area is 150 Å². The van der Waals surface area contributed by atoms with E-state index in [-0.39, 0.29) is 12.5 Å². The fourth-order valence-electron chi connectivity index (χ4n) is 3.28. The smallest absolute Gasteiger partial charge is 0.325 e. The van der Waals surface area contributed by atoms with Crippen LogP contribution in [-0.2, 0) is 16.9 Å². The summed E-state index contributed by atoms with van der Waals surface area (Å²) in [6, 6.07) is 4.82.